The summed E-state index contributed by atoms with van der Waals surface area (Å²) in [5, 5.41) is 9.63. The van der Waals surface area contributed by atoms with Crippen LogP contribution in [0, 0.1) is 12.8 Å². The monoisotopic (exact) mass is 296 g/mol. The molecule has 0 atom stereocenters. The Morgan fingerprint density at radius 2 is 1.91 bits per heavy atom. The summed E-state index contributed by atoms with van der Waals surface area (Å²) in [6, 6.07) is 9.71. The molecule has 0 unspecified atom stereocenters. The normalized spacial score (nSPS) is 11.5. The van der Waals surface area contributed by atoms with Crippen LogP contribution >= 0.6 is 0 Å². The molecule has 0 radical (unpaired) electrons. The average molecular weight is 296 g/mol. The van der Waals surface area contributed by atoms with Crippen molar-refractivity contribution >= 4 is 10.9 Å². The summed E-state index contributed by atoms with van der Waals surface area (Å²) in [6.07, 6.45) is 2.65. The van der Waals surface area contributed by atoms with E-state index in [1.165, 1.54) is 0 Å². The van der Waals surface area contributed by atoms with Crippen molar-refractivity contribution in [2.75, 3.05) is 0 Å². The number of aromatic nitrogens is 4. The van der Waals surface area contributed by atoms with Crippen LogP contribution in [0.4, 0.5) is 0 Å². The van der Waals surface area contributed by atoms with Gasteiger partial charge in [0.1, 0.15) is 5.52 Å². The van der Waals surface area contributed by atoms with Crippen molar-refractivity contribution in [3.8, 4) is 5.69 Å². The van der Waals surface area contributed by atoms with Crippen molar-refractivity contribution in [1.82, 2.24) is 19.6 Å². The molecule has 2 aromatic heterocycles. The second-order valence-corrected chi connectivity index (χ2v) is 5.95. The molecule has 0 amide bonds. The second-order valence-electron chi connectivity index (χ2n) is 5.95. The SMILES string of the molecule is Cc1nn(CCC(C)C)c(=O)c2c1cnn2-c1ccccc1. The highest BCUT2D eigenvalue weighted by Gasteiger charge is 2.14. The van der Waals surface area contributed by atoms with Gasteiger partial charge in [-0.25, -0.2) is 9.36 Å². The van der Waals surface area contributed by atoms with Crippen LogP contribution in [0.15, 0.2) is 41.3 Å². The summed E-state index contributed by atoms with van der Waals surface area (Å²) in [7, 11) is 0. The summed E-state index contributed by atoms with van der Waals surface area (Å²) in [6.45, 7) is 6.84. The van der Waals surface area contributed by atoms with Crippen LogP contribution in [-0.4, -0.2) is 19.6 Å². The minimum Gasteiger partial charge on any atom is -0.265 e. The quantitative estimate of drug-likeness (QED) is 0.744. The van der Waals surface area contributed by atoms with Gasteiger partial charge in [0.25, 0.3) is 5.56 Å². The van der Waals surface area contributed by atoms with E-state index in [-0.39, 0.29) is 5.56 Å². The van der Waals surface area contributed by atoms with Gasteiger partial charge in [-0.2, -0.15) is 10.2 Å². The Hall–Kier alpha value is -2.43. The van der Waals surface area contributed by atoms with Gasteiger partial charge in [0.15, 0.2) is 0 Å². The van der Waals surface area contributed by atoms with Crippen LogP contribution in [0.25, 0.3) is 16.6 Å². The fraction of sp³-hybridized carbons (Fsp3) is 0.353. The Labute approximate surface area is 129 Å². The summed E-state index contributed by atoms with van der Waals surface area (Å²) in [4.78, 5) is 12.8. The van der Waals surface area contributed by atoms with Crippen LogP contribution in [-0.2, 0) is 6.54 Å². The van der Waals surface area contributed by atoms with Gasteiger partial charge in [0.05, 0.1) is 17.6 Å². The van der Waals surface area contributed by atoms with Gasteiger partial charge in [0.2, 0.25) is 0 Å². The lowest BCUT2D eigenvalue weighted by molar-refractivity contribution is 0.471. The first-order valence-electron chi connectivity index (χ1n) is 7.59. The molecule has 0 saturated heterocycles. The van der Waals surface area contributed by atoms with Crippen molar-refractivity contribution in [3.05, 3.63) is 52.6 Å². The zero-order valence-corrected chi connectivity index (χ0v) is 13.2. The Morgan fingerprint density at radius 1 is 1.18 bits per heavy atom. The number of rotatable bonds is 4. The third kappa shape index (κ3) is 2.54. The molecule has 5 nitrogen and oxygen atoms in total. The zero-order valence-electron chi connectivity index (χ0n) is 13.2. The molecule has 3 rings (SSSR count). The van der Waals surface area contributed by atoms with Gasteiger partial charge in [-0.05, 0) is 31.4 Å². The Morgan fingerprint density at radius 3 is 2.59 bits per heavy atom. The van der Waals surface area contributed by atoms with E-state index in [1.54, 1.807) is 15.6 Å². The molecule has 0 fully saturated rings. The van der Waals surface area contributed by atoms with Crippen molar-refractivity contribution in [2.24, 2.45) is 5.92 Å². The highest BCUT2D eigenvalue weighted by Crippen LogP contribution is 2.17. The van der Waals surface area contributed by atoms with E-state index in [1.807, 2.05) is 37.3 Å². The average Bonchev–Trinajstić information content (AvgIpc) is 2.96. The van der Waals surface area contributed by atoms with E-state index in [4.69, 9.17) is 0 Å². The second kappa shape index (κ2) is 5.75. The van der Waals surface area contributed by atoms with Crippen LogP contribution in [0.1, 0.15) is 26.0 Å². The fourth-order valence-corrected chi connectivity index (χ4v) is 2.52. The van der Waals surface area contributed by atoms with E-state index < -0.39 is 0 Å². The highest BCUT2D eigenvalue weighted by atomic mass is 16.1. The molecule has 1 aromatic carbocycles. The Balaban J connectivity index is 2.19. The molecule has 5 heteroatoms. The fourth-order valence-electron chi connectivity index (χ4n) is 2.52. The third-order valence-electron chi connectivity index (χ3n) is 3.79. The summed E-state index contributed by atoms with van der Waals surface area (Å²) < 4.78 is 3.27. The van der Waals surface area contributed by atoms with E-state index in [0.29, 0.717) is 18.0 Å². The van der Waals surface area contributed by atoms with Crippen LogP contribution in [0.2, 0.25) is 0 Å². The van der Waals surface area contributed by atoms with Gasteiger partial charge in [0, 0.05) is 11.9 Å². The van der Waals surface area contributed by atoms with Crippen molar-refractivity contribution < 1.29 is 0 Å². The number of fused-ring (bicyclic) bond motifs is 1. The molecule has 0 spiro atoms. The summed E-state index contributed by atoms with van der Waals surface area (Å²) >= 11 is 0. The molecular formula is C17H20N4O. The van der Waals surface area contributed by atoms with Gasteiger partial charge < -0.3 is 0 Å². The molecule has 0 N–H and O–H groups in total. The number of nitrogens with zero attached hydrogens (tertiary/aromatic N) is 4. The van der Waals surface area contributed by atoms with E-state index in [9.17, 15) is 4.79 Å². The van der Waals surface area contributed by atoms with Crippen molar-refractivity contribution in [3.63, 3.8) is 0 Å². The molecule has 114 valence electrons. The zero-order chi connectivity index (χ0) is 15.7. The number of aryl methyl sites for hydroxylation is 2. The summed E-state index contributed by atoms with van der Waals surface area (Å²) in [5.41, 5.74) is 2.24. The topological polar surface area (TPSA) is 52.7 Å². The Bertz CT molecular complexity index is 846. The maximum Gasteiger partial charge on any atom is 0.293 e. The lowest BCUT2D eigenvalue weighted by Crippen LogP contribution is -2.26. The predicted molar refractivity (Wildman–Crippen MR) is 87.3 cm³/mol. The molecule has 0 aliphatic rings. The highest BCUT2D eigenvalue weighted by molar-refractivity contribution is 5.81. The maximum absolute atomic E-state index is 12.8. The van der Waals surface area contributed by atoms with Crippen LogP contribution in [0.3, 0.4) is 0 Å². The first kappa shape index (κ1) is 14.5. The molecule has 3 aromatic rings. The molecule has 0 aliphatic heterocycles. The molecule has 0 saturated carbocycles. The third-order valence-corrected chi connectivity index (χ3v) is 3.79. The lowest BCUT2D eigenvalue weighted by Gasteiger charge is -2.09. The number of benzene rings is 1. The van der Waals surface area contributed by atoms with E-state index in [2.05, 4.69) is 24.0 Å². The standard InChI is InChI=1S/C17H20N4O/c1-12(2)9-10-20-17(22)16-15(13(3)19-20)11-18-21(16)14-7-5-4-6-8-14/h4-8,11-12H,9-10H2,1-3H3. The van der Waals surface area contributed by atoms with Crippen molar-refractivity contribution in [2.45, 2.75) is 33.7 Å². The minimum absolute atomic E-state index is 0.0809. The van der Waals surface area contributed by atoms with Crippen LogP contribution < -0.4 is 5.56 Å². The van der Waals surface area contributed by atoms with Crippen molar-refractivity contribution in [1.29, 1.82) is 0 Å². The molecule has 0 aliphatic carbocycles. The van der Waals surface area contributed by atoms with Gasteiger partial charge in [-0.15, -0.1) is 0 Å². The Kier molecular flexibility index (Phi) is 3.79. The molecule has 0 bridgehead atoms. The van der Waals surface area contributed by atoms with E-state index in [0.717, 1.165) is 23.2 Å². The summed E-state index contributed by atoms with van der Waals surface area (Å²) in [5.74, 6) is 0.531. The number of hydrogen-bond acceptors (Lipinski definition) is 3. The molecule has 22 heavy (non-hydrogen) atoms. The molecular weight excluding hydrogens is 276 g/mol. The van der Waals surface area contributed by atoms with Gasteiger partial charge in [-0.3, -0.25) is 4.79 Å². The lowest BCUT2D eigenvalue weighted by atomic mass is 10.1. The number of para-hydroxylation sites is 1. The minimum atomic E-state index is -0.0809. The maximum atomic E-state index is 12.8. The number of hydrogen-bond donors (Lipinski definition) is 0. The van der Waals surface area contributed by atoms with Gasteiger partial charge >= 0.3 is 0 Å². The van der Waals surface area contributed by atoms with Gasteiger partial charge in [-0.1, -0.05) is 32.0 Å². The van der Waals surface area contributed by atoms with Crippen LogP contribution in [0.5, 0.6) is 0 Å². The predicted octanol–water partition coefficient (Wildman–Crippen LogP) is 2.94. The smallest absolute Gasteiger partial charge is 0.265 e. The first-order valence-corrected chi connectivity index (χ1v) is 7.59. The largest absolute Gasteiger partial charge is 0.293 e. The van der Waals surface area contributed by atoms with E-state index >= 15 is 0 Å². The molecule has 2 heterocycles. The first-order chi connectivity index (χ1) is 10.6.